The molecule has 0 radical (unpaired) electrons. The maximum absolute atomic E-state index is 13.6. The zero-order chi connectivity index (χ0) is 11.6. The molecule has 0 aliphatic heterocycles. The van der Waals surface area contributed by atoms with Crippen LogP contribution in [0.3, 0.4) is 0 Å². The van der Waals surface area contributed by atoms with Gasteiger partial charge in [-0.25, -0.2) is 8.78 Å². The maximum Gasteiger partial charge on any atom is 0.268 e. The standard InChI is InChI=1S/C11H14F2N2O/c12-11(13)4-2-1-3-9(11)8-15-6-5-14-7-10(15)16/h5-7,9H,1-4,8H2. The second kappa shape index (κ2) is 4.31. The molecule has 1 atom stereocenters. The summed E-state index contributed by atoms with van der Waals surface area (Å²) in [7, 11) is 0. The van der Waals surface area contributed by atoms with Crippen LogP contribution in [-0.2, 0) is 6.54 Å². The van der Waals surface area contributed by atoms with Gasteiger partial charge in [-0.2, -0.15) is 0 Å². The van der Waals surface area contributed by atoms with Gasteiger partial charge in [0, 0.05) is 31.3 Å². The molecule has 0 spiro atoms. The third-order valence-electron chi connectivity index (χ3n) is 3.13. The molecular formula is C11H14F2N2O. The van der Waals surface area contributed by atoms with Crippen molar-refractivity contribution < 1.29 is 8.78 Å². The number of aromatic nitrogens is 2. The lowest BCUT2D eigenvalue weighted by molar-refractivity contribution is -0.0912. The van der Waals surface area contributed by atoms with E-state index in [2.05, 4.69) is 4.98 Å². The first kappa shape index (κ1) is 11.2. The van der Waals surface area contributed by atoms with Crippen LogP contribution >= 0.6 is 0 Å². The minimum Gasteiger partial charge on any atom is -0.312 e. The first-order valence-corrected chi connectivity index (χ1v) is 5.48. The highest BCUT2D eigenvalue weighted by molar-refractivity contribution is 4.86. The molecule has 1 aromatic heterocycles. The van der Waals surface area contributed by atoms with E-state index in [4.69, 9.17) is 0 Å². The molecule has 0 aromatic carbocycles. The van der Waals surface area contributed by atoms with Gasteiger partial charge in [0.25, 0.3) is 11.5 Å². The molecule has 2 rings (SSSR count). The molecule has 1 aliphatic rings. The average molecular weight is 228 g/mol. The Bertz CT molecular complexity index is 416. The van der Waals surface area contributed by atoms with Crippen molar-refractivity contribution >= 4 is 0 Å². The summed E-state index contributed by atoms with van der Waals surface area (Å²) in [5.74, 6) is -3.36. The Labute approximate surface area is 92.1 Å². The highest BCUT2D eigenvalue weighted by atomic mass is 19.3. The monoisotopic (exact) mass is 228 g/mol. The lowest BCUT2D eigenvalue weighted by Gasteiger charge is -2.31. The molecule has 1 fully saturated rings. The van der Waals surface area contributed by atoms with E-state index in [1.54, 1.807) is 0 Å². The molecule has 0 saturated heterocycles. The van der Waals surface area contributed by atoms with Crippen molar-refractivity contribution in [3.63, 3.8) is 0 Å². The zero-order valence-electron chi connectivity index (χ0n) is 8.90. The van der Waals surface area contributed by atoms with E-state index in [1.807, 2.05) is 0 Å². The number of rotatable bonds is 2. The van der Waals surface area contributed by atoms with Crippen molar-refractivity contribution in [3.8, 4) is 0 Å². The molecule has 3 nitrogen and oxygen atoms in total. The van der Waals surface area contributed by atoms with Crippen LogP contribution in [0.15, 0.2) is 23.4 Å². The van der Waals surface area contributed by atoms with Gasteiger partial charge in [-0.15, -0.1) is 0 Å². The zero-order valence-corrected chi connectivity index (χ0v) is 8.90. The molecule has 88 valence electrons. The quantitative estimate of drug-likeness (QED) is 0.776. The van der Waals surface area contributed by atoms with Crippen LogP contribution in [0.2, 0.25) is 0 Å². The van der Waals surface area contributed by atoms with Gasteiger partial charge in [-0.1, -0.05) is 6.42 Å². The van der Waals surface area contributed by atoms with Crippen molar-refractivity contribution in [3.05, 3.63) is 28.9 Å². The highest BCUT2D eigenvalue weighted by Gasteiger charge is 2.41. The van der Waals surface area contributed by atoms with E-state index in [1.165, 1.54) is 17.0 Å². The fourth-order valence-electron chi connectivity index (χ4n) is 2.15. The van der Waals surface area contributed by atoms with Gasteiger partial charge >= 0.3 is 0 Å². The summed E-state index contributed by atoms with van der Waals surface area (Å²) in [6.07, 6.45) is 5.89. The van der Waals surface area contributed by atoms with E-state index in [0.717, 1.165) is 12.6 Å². The number of halogens is 2. The summed E-state index contributed by atoms with van der Waals surface area (Å²) in [5.41, 5.74) is -0.316. The molecule has 0 N–H and O–H groups in total. The predicted molar refractivity (Wildman–Crippen MR) is 55.4 cm³/mol. The molecular weight excluding hydrogens is 214 g/mol. The van der Waals surface area contributed by atoms with Gasteiger partial charge in [-0.3, -0.25) is 9.78 Å². The highest BCUT2D eigenvalue weighted by Crippen LogP contribution is 2.38. The van der Waals surface area contributed by atoms with Crippen LogP contribution in [0.25, 0.3) is 0 Å². The van der Waals surface area contributed by atoms with Crippen molar-refractivity contribution in [2.24, 2.45) is 5.92 Å². The fraction of sp³-hybridized carbons (Fsp3) is 0.636. The van der Waals surface area contributed by atoms with Crippen molar-refractivity contribution in [1.29, 1.82) is 0 Å². The summed E-state index contributed by atoms with van der Waals surface area (Å²) in [6, 6.07) is 0. The van der Waals surface area contributed by atoms with Crippen LogP contribution in [0.1, 0.15) is 25.7 Å². The van der Waals surface area contributed by atoms with Crippen LogP contribution in [0.5, 0.6) is 0 Å². The number of hydrogen-bond acceptors (Lipinski definition) is 2. The van der Waals surface area contributed by atoms with Crippen LogP contribution in [-0.4, -0.2) is 15.5 Å². The molecule has 1 heterocycles. The third-order valence-corrected chi connectivity index (χ3v) is 3.13. The van der Waals surface area contributed by atoms with Gasteiger partial charge in [0.1, 0.15) is 0 Å². The van der Waals surface area contributed by atoms with Crippen molar-refractivity contribution in [2.75, 3.05) is 0 Å². The van der Waals surface area contributed by atoms with Crippen molar-refractivity contribution in [1.82, 2.24) is 9.55 Å². The molecule has 16 heavy (non-hydrogen) atoms. The Morgan fingerprint density at radius 3 is 3.00 bits per heavy atom. The third kappa shape index (κ3) is 2.28. The Morgan fingerprint density at radius 2 is 2.31 bits per heavy atom. The summed E-state index contributed by atoms with van der Waals surface area (Å²) in [5, 5.41) is 0. The first-order chi connectivity index (χ1) is 7.59. The van der Waals surface area contributed by atoms with Gasteiger partial charge in [0.2, 0.25) is 0 Å². The second-order valence-electron chi connectivity index (χ2n) is 4.27. The Morgan fingerprint density at radius 1 is 1.50 bits per heavy atom. The smallest absolute Gasteiger partial charge is 0.268 e. The topological polar surface area (TPSA) is 34.9 Å². The van der Waals surface area contributed by atoms with Crippen LogP contribution in [0.4, 0.5) is 8.78 Å². The fourth-order valence-corrected chi connectivity index (χ4v) is 2.15. The van der Waals surface area contributed by atoms with E-state index in [9.17, 15) is 13.6 Å². The normalized spacial score (nSPS) is 24.2. The Balaban J connectivity index is 2.15. The molecule has 1 aromatic rings. The van der Waals surface area contributed by atoms with Crippen LogP contribution < -0.4 is 5.56 Å². The van der Waals surface area contributed by atoms with Gasteiger partial charge < -0.3 is 4.57 Å². The van der Waals surface area contributed by atoms with Gasteiger partial charge in [0.05, 0.1) is 6.20 Å². The van der Waals surface area contributed by atoms with Gasteiger partial charge in [0.15, 0.2) is 0 Å². The minimum absolute atomic E-state index is 0.0580. The Kier molecular flexibility index (Phi) is 3.03. The van der Waals surface area contributed by atoms with E-state index < -0.39 is 11.8 Å². The predicted octanol–water partition coefficient (Wildman–Crippen LogP) is 2.07. The van der Waals surface area contributed by atoms with E-state index in [-0.39, 0.29) is 18.5 Å². The summed E-state index contributed by atoms with van der Waals surface area (Å²) < 4.78 is 28.4. The molecule has 1 aliphatic carbocycles. The minimum atomic E-state index is -2.64. The van der Waals surface area contributed by atoms with E-state index >= 15 is 0 Å². The summed E-state index contributed by atoms with van der Waals surface area (Å²) in [6.45, 7) is 0.0916. The molecule has 0 bridgehead atoms. The largest absolute Gasteiger partial charge is 0.312 e. The molecule has 1 unspecified atom stereocenters. The van der Waals surface area contributed by atoms with Crippen molar-refractivity contribution in [2.45, 2.75) is 38.2 Å². The molecule has 5 heteroatoms. The SMILES string of the molecule is O=c1cnccn1CC1CCCCC1(F)F. The van der Waals surface area contributed by atoms with Gasteiger partial charge in [-0.05, 0) is 12.8 Å². The van der Waals surface area contributed by atoms with Crippen LogP contribution in [0, 0.1) is 5.92 Å². The number of hydrogen-bond donors (Lipinski definition) is 0. The second-order valence-corrected chi connectivity index (χ2v) is 4.27. The number of nitrogens with zero attached hydrogens (tertiary/aromatic N) is 2. The lowest BCUT2D eigenvalue weighted by atomic mass is 9.85. The summed E-state index contributed by atoms with van der Waals surface area (Å²) in [4.78, 5) is 15.0. The van der Waals surface area contributed by atoms with E-state index in [0.29, 0.717) is 12.8 Å². The maximum atomic E-state index is 13.6. The molecule has 1 saturated carbocycles. The summed E-state index contributed by atoms with van der Waals surface area (Å²) >= 11 is 0. The molecule has 0 amide bonds. The average Bonchev–Trinajstić information content (AvgIpc) is 2.24. The first-order valence-electron chi connectivity index (χ1n) is 5.48. The number of alkyl halides is 2. The lowest BCUT2D eigenvalue weighted by Crippen LogP contribution is -2.37. The Hall–Kier alpha value is -1.26.